The first-order valence-corrected chi connectivity index (χ1v) is 4.96. The average Bonchev–Trinajstić information content (AvgIpc) is 2.49. The van der Waals surface area contributed by atoms with Crippen molar-refractivity contribution in [1.29, 1.82) is 0 Å². The molecule has 4 nitrogen and oxygen atoms in total. The Bertz CT molecular complexity index is 275. The molecule has 80 valence electrons. The maximum atomic E-state index is 9.48. The van der Waals surface area contributed by atoms with Crippen molar-refractivity contribution in [2.24, 2.45) is 0 Å². The van der Waals surface area contributed by atoms with E-state index in [9.17, 15) is 5.11 Å². The van der Waals surface area contributed by atoms with E-state index in [0.717, 1.165) is 12.4 Å². The molecule has 0 aliphatic heterocycles. The van der Waals surface area contributed by atoms with Crippen molar-refractivity contribution in [3.05, 3.63) is 18.2 Å². The average molecular weight is 197 g/mol. The second kappa shape index (κ2) is 4.57. The van der Waals surface area contributed by atoms with Crippen molar-refractivity contribution in [2.45, 2.75) is 39.5 Å². The third kappa shape index (κ3) is 3.47. The third-order valence-electron chi connectivity index (χ3n) is 1.98. The van der Waals surface area contributed by atoms with Crippen molar-refractivity contribution in [3.8, 4) is 0 Å². The van der Waals surface area contributed by atoms with Crippen molar-refractivity contribution in [3.63, 3.8) is 0 Å². The molecule has 0 saturated heterocycles. The van der Waals surface area contributed by atoms with Gasteiger partial charge in [-0.05, 0) is 20.8 Å². The molecule has 0 saturated carbocycles. The van der Waals surface area contributed by atoms with E-state index in [1.807, 2.05) is 6.20 Å². The fourth-order valence-electron chi connectivity index (χ4n) is 1.28. The Hall–Kier alpha value is -0.870. The fraction of sp³-hybridized carbons (Fsp3) is 0.700. The van der Waals surface area contributed by atoms with Crippen molar-refractivity contribution in [2.75, 3.05) is 6.54 Å². The van der Waals surface area contributed by atoms with Crippen molar-refractivity contribution in [1.82, 2.24) is 14.9 Å². The summed E-state index contributed by atoms with van der Waals surface area (Å²) in [6.07, 6.45) is 3.76. The number of nitrogens with zero attached hydrogens (tertiary/aromatic N) is 2. The Balaban J connectivity index is 2.38. The number of aliphatic hydroxyl groups is 1. The highest BCUT2D eigenvalue weighted by Gasteiger charge is 2.11. The molecule has 0 bridgehead atoms. The van der Waals surface area contributed by atoms with Gasteiger partial charge in [-0.15, -0.1) is 0 Å². The molecule has 1 aromatic rings. The summed E-state index contributed by atoms with van der Waals surface area (Å²) in [5.74, 6) is 1.01. The van der Waals surface area contributed by atoms with E-state index in [2.05, 4.69) is 21.8 Å². The van der Waals surface area contributed by atoms with E-state index in [1.165, 1.54) is 0 Å². The van der Waals surface area contributed by atoms with Crippen molar-refractivity contribution >= 4 is 0 Å². The normalized spacial score (nSPS) is 12.0. The summed E-state index contributed by atoms with van der Waals surface area (Å²) in [5, 5.41) is 12.7. The lowest BCUT2D eigenvalue weighted by Gasteiger charge is -2.17. The highest BCUT2D eigenvalue weighted by atomic mass is 16.3. The van der Waals surface area contributed by atoms with Crippen LogP contribution < -0.4 is 5.32 Å². The molecule has 0 spiro atoms. The second-order valence-electron chi connectivity index (χ2n) is 4.05. The van der Waals surface area contributed by atoms with Crippen LogP contribution in [0.5, 0.6) is 0 Å². The van der Waals surface area contributed by atoms with Gasteiger partial charge in [0.15, 0.2) is 0 Å². The Morgan fingerprint density at radius 2 is 2.29 bits per heavy atom. The van der Waals surface area contributed by atoms with Crippen LogP contribution in [-0.4, -0.2) is 26.8 Å². The molecular weight excluding hydrogens is 178 g/mol. The minimum Gasteiger partial charge on any atom is -0.389 e. The van der Waals surface area contributed by atoms with Crippen LogP contribution in [0.15, 0.2) is 12.4 Å². The van der Waals surface area contributed by atoms with E-state index in [1.54, 1.807) is 20.0 Å². The van der Waals surface area contributed by atoms with Gasteiger partial charge in [0.2, 0.25) is 0 Å². The lowest BCUT2D eigenvalue weighted by molar-refractivity contribution is 0.0792. The number of hydrogen-bond acceptors (Lipinski definition) is 3. The molecule has 0 amide bonds. The lowest BCUT2D eigenvalue weighted by Crippen LogP contribution is -2.34. The van der Waals surface area contributed by atoms with E-state index in [-0.39, 0.29) is 0 Å². The molecular formula is C10H19N3O. The number of nitrogens with one attached hydrogen (secondary N) is 1. The Morgan fingerprint density at radius 3 is 2.86 bits per heavy atom. The van der Waals surface area contributed by atoms with Crippen LogP contribution in [0.2, 0.25) is 0 Å². The maximum absolute atomic E-state index is 9.48. The van der Waals surface area contributed by atoms with Crippen LogP contribution in [0.3, 0.4) is 0 Å². The zero-order valence-electron chi connectivity index (χ0n) is 9.12. The SMILES string of the molecule is CCn1ccnc1CNCC(C)(C)O. The topological polar surface area (TPSA) is 50.1 Å². The lowest BCUT2D eigenvalue weighted by atomic mass is 10.1. The van der Waals surface area contributed by atoms with Crippen LogP contribution in [0.25, 0.3) is 0 Å². The monoisotopic (exact) mass is 197 g/mol. The number of aromatic nitrogens is 2. The fourth-order valence-corrected chi connectivity index (χ4v) is 1.28. The quantitative estimate of drug-likeness (QED) is 0.733. The van der Waals surface area contributed by atoms with Gasteiger partial charge in [-0.25, -0.2) is 4.98 Å². The predicted octanol–water partition coefficient (Wildman–Crippen LogP) is 0.763. The van der Waals surface area contributed by atoms with Gasteiger partial charge in [0.1, 0.15) is 5.82 Å². The second-order valence-corrected chi connectivity index (χ2v) is 4.05. The minimum atomic E-state index is -0.663. The molecule has 14 heavy (non-hydrogen) atoms. The van der Waals surface area contributed by atoms with Gasteiger partial charge in [0.25, 0.3) is 0 Å². The van der Waals surface area contributed by atoms with Gasteiger partial charge < -0.3 is 15.0 Å². The first-order valence-electron chi connectivity index (χ1n) is 4.96. The third-order valence-corrected chi connectivity index (χ3v) is 1.98. The first-order chi connectivity index (χ1) is 6.53. The van der Waals surface area contributed by atoms with Gasteiger partial charge >= 0.3 is 0 Å². The van der Waals surface area contributed by atoms with Crippen LogP contribution in [0.4, 0.5) is 0 Å². The summed E-state index contributed by atoms with van der Waals surface area (Å²) in [5.41, 5.74) is -0.663. The Labute approximate surface area is 85.0 Å². The largest absolute Gasteiger partial charge is 0.389 e. The Morgan fingerprint density at radius 1 is 1.57 bits per heavy atom. The van der Waals surface area contributed by atoms with Crippen LogP contribution in [0, 0.1) is 0 Å². The smallest absolute Gasteiger partial charge is 0.122 e. The van der Waals surface area contributed by atoms with Gasteiger partial charge in [0.05, 0.1) is 12.1 Å². The molecule has 0 aliphatic carbocycles. The summed E-state index contributed by atoms with van der Waals surface area (Å²) in [7, 11) is 0. The maximum Gasteiger partial charge on any atom is 0.122 e. The standard InChI is InChI=1S/C10H19N3O/c1-4-13-6-5-12-9(13)7-11-8-10(2,3)14/h5-6,11,14H,4,7-8H2,1-3H3. The number of rotatable bonds is 5. The van der Waals surface area contributed by atoms with Gasteiger partial charge in [-0.1, -0.05) is 0 Å². The molecule has 1 heterocycles. The molecule has 0 aliphatic rings. The van der Waals surface area contributed by atoms with E-state index >= 15 is 0 Å². The predicted molar refractivity (Wildman–Crippen MR) is 55.9 cm³/mol. The van der Waals surface area contributed by atoms with Crippen molar-refractivity contribution < 1.29 is 5.11 Å². The molecule has 2 N–H and O–H groups in total. The first kappa shape index (κ1) is 11.2. The molecule has 1 rings (SSSR count). The summed E-state index contributed by atoms with van der Waals surface area (Å²) >= 11 is 0. The highest BCUT2D eigenvalue weighted by molar-refractivity contribution is 4.91. The summed E-state index contributed by atoms with van der Waals surface area (Å²) < 4.78 is 2.08. The van der Waals surface area contributed by atoms with E-state index in [4.69, 9.17) is 0 Å². The number of hydrogen-bond donors (Lipinski definition) is 2. The molecule has 0 unspecified atom stereocenters. The van der Waals surface area contributed by atoms with E-state index < -0.39 is 5.60 Å². The summed E-state index contributed by atoms with van der Waals surface area (Å²) in [4.78, 5) is 4.23. The molecule has 0 fully saturated rings. The van der Waals surface area contributed by atoms with Crippen LogP contribution >= 0.6 is 0 Å². The van der Waals surface area contributed by atoms with Gasteiger partial charge in [0, 0.05) is 25.5 Å². The summed E-state index contributed by atoms with van der Waals surface area (Å²) in [6.45, 7) is 7.85. The summed E-state index contributed by atoms with van der Waals surface area (Å²) in [6, 6.07) is 0. The molecule has 0 radical (unpaired) electrons. The van der Waals surface area contributed by atoms with Gasteiger partial charge in [-0.3, -0.25) is 0 Å². The van der Waals surface area contributed by atoms with E-state index in [0.29, 0.717) is 13.1 Å². The van der Waals surface area contributed by atoms with Gasteiger partial charge in [-0.2, -0.15) is 0 Å². The molecule has 4 heteroatoms. The Kier molecular flexibility index (Phi) is 3.66. The minimum absolute atomic E-state index is 0.573. The van der Waals surface area contributed by atoms with Crippen LogP contribution in [-0.2, 0) is 13.1 Å². The molecule has 0 atom stereocenters. The molecule has 1 aromatic heterocycles. The molecule has 0 aromatic carbocycles. The number of aryl methyl sites for hydroxylation is 1. The number of imidazole rings is 1. The zero-order valence-corrected chi connectivity index (χ0v) is 9.12. The highest BCUT2D eigenvalue weighted by Crippen LogP contribution is 2.00. The zero-order chi connectivity index (χ0) is 10.6. The van der Waals surface area contributed by atoms with Crippen LogP contribution in [0.1, 0.15) is 26.6 Å².